The molecule has 0 unspecified atom stereocenters. The van der Waals surface area contributed by atoms with Crippen LogP contribution in [0, 0.1) is 6.92 Å². The number of hydrogen-bond donors (Lipinski definition) is 1. The number of aryl methyl sites for hydroxylation is 1. The number of benzene rings is 1. The van der Waals surface area contributed by atoms with Gasteiger partial charge >= 0.3 is 0 Å². The Morgan fingerprint density at radius 2 is 2.38 bits per heavy atom. The van der Waals surface area contributed by atoms with Gasteiger partial charge in [0.25, 0.3) is 0 Å². The molecule has 0 bridgehead atoms. The van der Waals surface area contributed by atoms with Gasteiger partial charge in [0.15, 0.2) is 0 Å². The monoisotopic (exact) mass is 282 g/mol. The van der Waals surface area contributed by atoms with Crippen LogP contribution in [0.1, 0.15) is 12.0 Å². The number of halogens is 1. The Bertz CT molecular complexity index is 523. The van der Waals surface area contributed by atoms with Gasteiger partial charge in [-0.15, -0.1) is 5.10 Å². The third-order valence-corrected chi connectivity index (χ3v) is 2.55. The van der Waals surface area contributed by atoms with Gasteiger partial charge in [-0.2, -0.15) is 4.79 Å². The number of fused-ring (bicyclic) bond motifs is 1. The molecule has 0 atom stereocenters. The first-order chi connectivity index (χ1) is 7.70. The van der Waals surface area contributed by atoms with Crippen molar-refractivity contribution >= 4 is 32.9 Å². The van der Waals surface area contributed by atoms with Gasteiger partial charge in [-0.1, -0.05) is 22.0 Å². The number of carbonyl (C=O) groups excluding carboxylic acids is 1. The summed E-state index contributed by atoms with van der Waals surface area (Å²) in [5, 5.41) is 8.49. The number of hydrogen-bond acceptors (Lipinski definition) is 3. The Hall–Kier alpha value is -1.43. The van der Waals surface area contributed by atoms with Crippen LogP contribution in [-0.2, 0) is 4.79 Å². The highest BCUT2D eigenvalue weighted by atomic mass is 79.9. The predicted molar refractivity (Wildman–Crippen MR) is 65.0 cm³/mol. The molecule has 0 aliphatic heterocycles. The molecule has 84 valence electrons. The van der Waals surface area contributed by atoms with E-state index in [0.29, 0.717) is 11.8 Å². The molecule has 1 heterocycles. The summed E-state index contributed by atoms with van der Waals surface area (Å²) in [4.78, 5) is 12.8. The Morgan fingerprint density at radius 1 is 1.56 bits per heavy atom. The summed E-state index contributed by atoms with van der Waals surface area (Å²) in [6.07, 6.45) is 0.410. The first-order valence-electron chi connectivity index (χ1n) is 4.88. The van der Waals surface area contributed by atoms with Gasteiger partial charge < -0.3 is 0 Å². The fraction of sp³-hybridized carbons (Fsp3) is 0.300. The highest BCUT2D eigenvalue weighted by Gasteiger charge is 2.06. The fourth-order valence-electron chi connectivity index (χ4n) is 1.38. The lowest BCUT2D eigenvalue weighted by Crippen LogP contribution is -2.23. The Labute approximate surface area is 101 Å². The topological polar surface area (TPSA) is 59.8 Å². The SMILES string of the molecule is Cc1ccc2c(c1)nnn2NC(=O)CCBr. The third-order valence-electron chi connectivity index (χ3n) is 2.15. The lowest BCUT2D eigenvalue weighted by Gasteiger charge is -2.03. The number of amides is 1. The quantitative estimate of drug-likeness (QED) is 0.870. The average Bonchev–Trinajstić information content (AvgIpc) is 2.61. The molecule has 6 heteroatoms. The molecule has 1 N–H and O–H groups in total. The van der Waals surface area contributed by atoms with E-state index in [4.69, 9.17) is 0 Å². The molecule has 0 radical (unpaired) electrons. The van der Waals surface area contributed by atoms with Crippen molar-refractivity contribution < 1.29 is 4.79 Å². The minimum Gasteiger partial charge on any atom is -0.273 e. The van der Waals surface area contributed by atoms with Crippen LogP contribution in [0.4, 0.5) is 0 Å². The van der Waals surface area contributed by atoms with Gasteiger partial charge in [0, 0.05) is 11.8 Å². The molecule has 2 rings (SSSR count). The molecule has 0 fully saturated rings. The summed E-state index contributed by atoms with van der Waals surface area (Å²) in [5.74, 6) is -0.0933. The Kier molecular flexibility index (Phi) is 3.19. The van der Waals surface area contributed by atoms with E-state index in [1.165, 1.54) is 4.79 Å². The fourth-order valence-corrected chi connectivity index (χ4v) is 1.74. The van der Waals surface area contributed by atoms with E-state index in [9.17, 15) is 4.79 Å². The van der Waals surface area contributed by atoms with Gasteiger partial charge in [0.05, 0.1) is 0 Å². The van der Waals surface area contributed by atoms with Crippen molar-refractivity contribution in [1.82, 2.24) is 15.1 Å². The highest BCUT2D eigenvalue weighted by molar-refractivity contribution is 9.09. The van der Waals surface area contributed by atoms with Gasteiger partial charge in [0.2, 0.25) is 5.91 Å². The van der Waals surface area contributed by atoms with Crippen LogP contribution in [0.25, 0.3) is 11.0 Å². The van der Waals surface area contributed by atoms with Crippen molar-refractivity contribution in [1.29, 1.82) is 0 Å². The van der Waals surface area contributed by atoms with E-state index in [0.717, 1.165) is 16.6 Å². The summed E-state index contributed by atoms with van der Waals surface area (Å²) in [7, 11) is 0. The van der Waals surface area contributed by atoms with Crippen LogP contribution in [0.3, 0.4) is 0 Å². The van der Waals surface area contributed by atoms with E-state index in [1.54, 1.807) is 0 Å². The van der Waals surface area contributed by atoms with E-state index in [2.05, 4.69) is 31.7 Å². The van der Waals surface area contributed by atoms with Gasteiger partial charge in [-0.05, 0) is 29.8 Å². The first kappa shape index (κ1) is 11.1. The van der Waals surface area contributed by atoms with Crippen LogP contribution < -0.4 is 5.43 Å². The lowest BCUT2D eigenvalue weighted by molar-refractivity contribution is -0.116. The molecule has 2 aromatic rings. The van der Waals surface area contributed by atoms with Crippen molar-refractivity contribution in [3.8, 4) is 0 Å². The van der Waals surface area contributed by atoms with E-state index < -0.39 is 0 Å². The lowest BCUT2D eigenvalue weighted by atomic mass is 10.2. The van der Waals surface area contributed by atoms with Crippen LogP contribution >= 0.6 is 15.9 Å². The standard InChI is InChI=1S/C10H11BrN4O/c1-7-2-3-9-8(6-7)12-14-15(9)13-10(16)4-5-11/h2-3,6H,4-5H2,1H3,(H,13,16). The zero-order valence-corrected chi connectivity index (χ0v) is 10.4. The second-order valence-corrected chi connectivity index (χ2v) is 4.26. The van der Waals surface area contributed by atoms with E-state index >= 15 is 0 Å². The number of rotatable bonds is 3. The van der Waals surface area contributed by atoms with Crippen LogP contribution in [-0.4, -0.2) is 26.3 Å². The van der Waals surface area contributed by atoms with Crippen LogP contribution in [0.2, 0.25) is 0 Å². The Morgan fingerprint density at radius 3 is 3.12 bits per heavy atom. The summed E-state index contributed by atoms with van der Waals surface area (Å²) < 4.78 is 0. The molecule has 5 nitrogen and oxygen atoms in total. The second kappa shape index (κ2) is 4.61. The van der Waals surface area contributed by atoms with Crippen LogP contribution in [0.15, 0.2) is 18.2 Å². The number of carbonyl (C=O) groups is 1. The normalized spacial score (nSPS) is 10.6. The molecule has 0 saturated heterocycles. The molecular weight excluding hydrogens is 272 g/mol. The van der Waals surface area contributed by atoms with Crippen LogP contribution in [0.5, 0.6) is 0 Å². The van der Waals surface area contributed by atoms with Gasteiger partial charge in [-0.25, -0.2) is 5.43 Å². The van der Waals surface area contributed by atoms with Crippen molar-refractivity contribution in [2.75, 3.05) is 10.8 Å². The summed E-state index contributed by atoms with van der Waals surface area (Å²) in [6.45, 7) is 1.99. The van der Waals surface area contributed by atoms with Crippen molar-refractivity contribution in [3.63, 3.8) is 0 Å². The Balaban J connectivity index is 2.28. The number of nitrogens with zero attached hydrogens (tertiary/aromatic N) is 3. The van der Waals surface area contributed by atoms with Crippen molar-refractivity contribution in [2.45, 2.75) is 13.3 Å². The van der Waals surface area contributed by atoms with E-state index in [-0.39, 0.29) is 5.91 Å². The third kappa shape index (κ3) is 2.21. The van der Waals surface area contributed by atoms with Crippen molar-refractivity contribution in [3.05, 3.63) is 23.8 Å². The van der Waals surface area contributed by atoms with Gasteiger partial charge in [0.1, 0.15) is 11.0 Å². The maximum atomic E-state index is 11.4. The number of aromatic nitrogens is 3. The molecule has 0 spiro atoms. The zero-order chi connectivity index (χ0) is 11.5. The largest absolute Gasteiger partial charge is 0.273 e. The van der Waals surface area contributed by atoms with E-state index in [1.807, 2.05) is 25.1 Å². The zero-order valence-electron chi connectivity index (χ0n) is 8.77. The predicted octanol–water partition coefficient (Wildman–Crippen LogP) is 1.59. The molecule has 1 amide bonds. The smallest absolute Gasteiger partial charge is 0.240 e. The number of alkyl halides is 1. The molecule has 0 aliphatic rings. The molecule has 1 aromatic heterocycles. The molecule has 0 aliphatic carbocycles. The summed E-state index contributed by atoms with van der Waals surface area (Å²) >= 11 is 3.21. The summed E-state index contributed by atoms with van der Waals surface area (Å²) in [6, 6.07) is 5.77. The van der Waals surface area contributed by atoms with Crippen molar-refractivity contribution in [2.24, 2.45) is 0 Å². The minimum absolute atomic E-state index is 0.0933. The molecular formula is C10H11BrN4O. The second-order valence-electron chi connectivity index (χ2n) is 3.47. The minimum atomic E-state index is -0.0933. The highest BCUT2D eigenvalue weighted by Crippen LogP contribution is 2.11. The molecule has 0 saturated carbocycles. The molecule has 16 heavy (non-hydrogen) atoms. The number of nitrogens with one attached hydrogen (secondary N) is 1. The summed E-state index contributed by atoms with van der Waals surface area (Å²) in [5.41, 5.74) is 5.35. The maximum Gasteiger partial charge on any atom is 0.240 e. The average molecular weight is 283 g/mol. The maximum absolute atomic E-state index is 11.4. The first-order valence-corrected chi connectivity index (χ1v) is 6.01. The molecule has 1 aromatic carbocycles. The van der Waals surface area contributed by atoms with Gasteiger partial charge in [-0.3, -0.25) is 4.79 Å².